The van der Waals surface area contributed by atoms with Crippen LogP contribution in [0.4, 0.5) is 5.69 Å². The number of benzene rings is 2. The number of halogens is 1. The van der Waals surface area contributed by atoms with Gasteiger partial charge >= 0.3 is 0 Å². The van der Waals surface area contributed by atoms with Crippen LogP contribution in [-0.4, -0.2) is 11.5 Å². The quantitative estimate of drug-likeness (QED) is 0.673. The number of aromatic nitrogens is 1. The van der Waals surface area contributed by atoms with Gasteiger partial charge in [-0.1, -0.05) is 54.9 Å². The smallest absolute Gasteiger partial charge is 0.0703 e. The van der Waals surface area contributed by atoms with Crippen LogP contribution in [0.2, 0.25) is 5.02 Å². The minimum absolute atomic E-state index is 0.426. The number of rotatable bonds is 5. The van der Waals surface area contributed by atoms with Crippen LogP contribution in [0.3, 0.4) is 0 Å². The summed E-state index contributed by atoms with van der Waals surface area (Å²) in [4.78, 5) is 4.47. The molecule has 112 valence electrons. The average Bonchev–Trinajstić information content (AvgIpc) is 2.55. The van der Waals surface area contributed by atoms with E-state index >= 15 is 0 Å². The van der Waals surface area contributed by atoms with E-state index in [0.29, 0.717) is 5.92 Å². The topological polar surface area (TPSA) is 24.9 Å². The van der Waals surface area contributed by atoms with Crippen molar-refractivity contribution in [3.8, 4) is 0 Å². The van der Waals surface area contributed by atoms with Crippen LogP contribution < -0.4 is 5.32 Å². The SMILES string of the molecule is CC(CCNc1cnc2ccccc2c1)c1ccccc1Cl. The Morgan fingerprint density at radius 3 is 2.73 bits per heavy atom. The predicted molar refractivity (Wildman–Crippen MR) is 94.7 cm³/mol. The Bertz CT molecular complexity index is 770. The fourth-order valence-corrected chi connectivity index (χ4v) is 2.95. The standard InChI is InChI=1S/C19H19ClN2/c1-14(17-7-3-4-8-18(17)20)10-11-21-16-12-15-6-2-5-9-19(15)22-13-16/h2-9,12-14,21H,10-11H2,1H3. The highest BCUT2D eigenvalue weighted by atomic mass is 35.5. The van der Waals surface area contributed by atoms with Crippen molar-refractivity contribution < 1.29 is 0 Å². The molecule has 22 heavy (non-hydrogen) atoms. The summed E-state index contributed by atoms with van der Waals surface area (Å²) < 4.78 is 0. The summed E-state index contributed by atoms with van der Waals surface area (Å²) in [6.07, 6.45) is 2.92. The normalized spacial score (nSPS) is 12.3. The average molecular weight is 311 g/mol. The summed E-state index contributed by atoms with van der Waals surface area (Å²) in [6, 6.07) is 18.4. The van der Waals surface area contributed by atoms with Gasteiger partial charge in [0, 0.05) is 17.0 Å². The highest BCUT2D eigenvalue weighted by Gasteiger charge is 2.08. The first kappa shape index (κ1) is 14.9. The highest BCUT2D eigenvalue weighted by molar-refractivity contribution is 6.31. The zero-order valence-corrected chi connectivity index (χ0v) is 13.3. The highest BCUT2D eigenvalue weighted by Crippen LogP contribution is 2.26. The van der Waals surface area contributed by atoms with E-state index in [1.807, 2.05) is 42.6 Å². The Hall–Kier alpha value is -2.06. The molecule has 1 heterocycles. The monoisotopic (exact) mass is 310 g/mol. The van der Waals surface area contributed by atoms with Gasteiger partial charge in [-0.3, -0.25) is 4.98 Å². The zero-order chi connectivity index (χ0) is 15.4. The summed E-state index contributed by atoms with van der Waals surface area (Å²) in [5.74, 6) is 0.426. The van der Waals surface area contributed by atoms with Crippen LogP contribution in [0, 0.1) is 0 Å². The molecule has 1 atom stereocenters. The van der Waals surface area contributed by atoms with Crippen LogP contribution >= 0.6 is 11.6 Å². The van der Waals surface area contributed by atoms with E-state index in [0.717, 1.165) is 34.6 Å². The summed E-state index contributed by atoms with van der Waals surface area (Å²) in [5.41, 5.74) is 3.30. The third-order valence-corrected chi connectivity index (χ3v) is 4.28. The van der Waals surface area contributed by atoms with E-state index in [2.05, 4.69) is 35.4 Å². The van der Waals surface area contributed by atoms with Gasteiger partial charge in [-0.25, -0.2) is 0 Å². The lowest BCUT2D eigenvalue weighted by Gasteiger charge is -2.14. The van der Waals surface area contributed by atoms with E-state index in [1.54, 1.807) is 0 Å². The molecule has 0 bridgehead atoms. The van der Waals surface area contributed by atoms with Crippen molar-refractivity contribution in [1.29, 1.82) is 0 Å². The van der Waals surface area contributed by atoms with Crippen molar-refractivity contribution in [2.24, 2.45) is 0 Å². The fraction of sp³-hybridized carbons (Fsp3) is 0.211. The summed E-state index contributed by atoms with van der Waals surface area (Å²) in [7, 11) is 0. The minimum atomic E-state index is 0.426. The third kappa shape index (κ3) is 3.40. The predicted octanol–water partition coefficient (Wildman–Crippen LogP) is 5.49. The second kappa shape index (κ2) is 6.80. The van der Waals surface area contributed by atoms with Crippen LogP contribution in [0.1, 0.15) is 24.8 Å². The van der Waals surface area contributed by atoms with Crippen molar-refractivity contribution in [2.75, 3.05) is 11.9 Å². The molecule has 3 aromatic rings. The van der Waals surface area contributed by atoms with E-state index < -0.39 is 0 Å². The molecule has 2 aromatic carbocycles. The maximum atomic E-state index is 6.25. The van der Waals surface area contributed by atoms with Crippen molar-refractivity contribution >= 4 is 28.2 Å². The van der Waals surface area contributed by atoms with Gasteiger partial charge < -0.3 is 5.32 Å². The van der Waals surface area contributed by atoms with E-state index in [9.17, 15) is 0 Å². The van der Waals surface area contributed by atoms with Gasteiger partial charge in [-0.05, 0) is 36.1 Å². The van der Waals surface area contributed by atoms with Gasteiger partial charge in [0.2, 0.25) is 0 Å². The Balaban J connectivity index is 1.61. The first-order valence-electron chi connectivity index (χ1n) is 7.57. The van der Waals surface area contributed by atoms with Crippen LogP contribution in [-0.2, 0) is 0 Å². The molecule has 0 saturated heterocycles. The van der Waals surface area contributed by atoms with Crippen LogP contribution in [0.15, 0.2) is 60.8 Å². The maximum Gasteiger partial charge on any atom is 0.0703 e. The van der Waals surface area contributed by atoms with E-state index in [1.165, 1.54) is 5.56 Å². The van der Waals surface area contributed by atoms with Crippen molar-refractivity contribution in [1.82, 2.24) is 4.98 Å². The first-order chi connectivity index (χ1) is 10.7. The summed E-state index contributed by atoms with van der Waals surface area (Å²) >= 11 is 6.25. The van der Waals surface area contributed by atoms with Crippen molar-refractivity contribution in [3.63, 3.8) is 0 Å². The fourth-order valence-electron chi connectivity index (χ4n) is 2.63. The number of hydrogen-bond acceptors (Lipinski definition) is 2. The van der Waals surface area contributed by atoms with Crippen molar-refractivity contribution in [2.45, 2.75) is 19.3 Å². The zero-order valence-electron chi connectivity index (χ0n) is 12.6. The summed E-state index contributed by atoms with van der Waals surface area (Å²) in [6.45, 7) is 3.11. The Labute approximate surface area is 136 Å². The third-order valence-electron chi connectivity index (χ3n) is 3.93. The number of para-hydroxylation sites is 1. The molecule has 3 heteroatoms. The lowest BCUT2D eigenvalue weighted by atomic mass is 9.98. The Morgan fingerprint density at radius 2 is 1.86 bits per heavy atom. The largest absolute Gasteiger partial charge is 0.384 e. The number of fused-ring (bicyclic) bond motifs is 1. The van der Waals surface area contributed by atoms with Gasteiger partial charge in [-0.15, -0.1) is 0 Å². The van der Waals surface area contributed by atoms with Gasteiger partial charge in [0.1, 0.15) is 0 Å². The molecule has 1 N–H and O–H groups in total. The van der Waals surface area contributed by atoms with E-state index in [4.69, 9.17) is 11.6 Å². The molecule has 1 aromatic heterocycles. The molecule has 0 aliphatic heterocycles. The van der Waals surface area contributed by atoms with Crippen molar-refractivity contribution in [3.05, 3.63) is 71.4 Å². The molecule has 0 aliphatic carbocycles. The molecule has 0 aliphatic rings. The Kier molecular flexibility index (Phi) is 4.59. The van der Waals surface area contributed by atoms with Crippen LogP contribution in [0.25, 0.3) is 10.9 Å². The van der Waals surface area contributed by atoms with Gasteiger partial charge in [0.15, 0.2) is 0 Å². The molecule has 2 nitrogen and oxygen atoms in total. The van der Waals surface area contributed by atoms with Gasteiger partial charge in [0.25, 0.3) is 0 Å². The maximum absolute atomic E-state index is 6.25. The van der Waals surface area contributed by atoms with Gasteiger partial charge in [-0.2, -0.15) is 0 Å². The molecule has 3 rings (SSSR count). The number of pyridine rings is 1. The lowest BCUT2D eigenvalue weighted by molar-refractivity contribution is 0.706. The molecule has 0 fully saturated rings. The summed E-state index contributed by atoms with van der Waals surface area (Å²) in [5, 5.41) is 5.46. The molecule has 0 radical (unpaired) electrons. The molecule has 1 unspecified atom stereocenters. The number of nitrogens with zero attached hydrogens (tertiary/aromatic N) is 1. The molecule has 0 spiro atoms. The number of nitrogens with one attached hydrogen (secondary N) is 1. The Morgan fingerprint density at radius 1 is 1.09 bits per heavy atom. The lowest BCUT2D eigenvalue weighted by Crippen LogP contribution is -2.06. The van der Waals surface area contributed by atoms with Crippen LogP contribution in [0.5, 0.6) is 0 Å². The van der Waals surface area contributed by atoms with Gasteiger partial charge in [0.05, 0.1) is 17.4 Å². The molecular weight excluding hydrogens is 292 g/mol. The van der Waals surface area contributed by atoms with E-state index in [-0.39, 0.29) is 0 Å². The number of anilines is 1. The number of hydrogen-bond donors (Lipinski definition) is 1. The molecule has 0 amide bonds. The minimum Gasteiger partial charge on any atom is -0.384 e. The molecular formula is C19H19ClN2. The second-order valence-electron chi connectivity index (χ2n) is 5.55. The first-order valence-corrected chi connectivity index (χ1v) is 7.95. The second-order valence-corrected chi connectivity index (χ2v) is 5.96. The molecule has 0 saturated carbocycles.